The number of anilines is 1. The van der Waals surface area contributed by atoms with Gasteiger partial charge in [-0.05, 0) is 31.4 Å². The Morgan fingerprint density at radius 3 is 2.94 bits per heavy atom. The van der Waals surface area contributed by atoms with Gasteiger partial charge in [0.1, 0.15) is 11.6 Å². The van der Waals surface area contributed by atoms with Crippen LogP contribution in [0.2, 0.25) is 0 Å². The topological polar surface area (TPSA) is 21.3 Å². The highest BCUT2D eigenvalue weighted by atomic mass is 19.1. The second kappa shape index (κ2) is 5.45. The molecule has 17 heavy (non-hydrogen) atoms. The molecule has 0 radical (unpaired) electrons. The number of hydrogen-bond acceptors (Lipinski definition) is 2. The van der Waals surface area contributed by atoms with Crippen LogP contribution in [0.1, 0.15) is 26.2 Å². The minimum absolute atomic E-state index is 0.202. The predicted molar refractivity (Wildman–Crippen MR) is 63.0 cm³/mol. The summed E-state index contributed by atoms with van der Waals surface area (Å²) in [4.78, 5) is 0. The van der Waals surface area contributed by atoms with Crippen LogP contribution >= 0.6 is 0 Å². The first-order chi connectivity index (χ1) is 8.19. The Labute approximate surface area is 100.0 Å². The smallest absolute Gasteiger partial charge is 0.149 e. The molecule has 2 nitrogen and oxygen atoms in total. The van der Waals surface area contributed by atoms with E-state index < -0.39 is 11.6 Å². The van der Waals surface area contributed by atoms with E-state index in [0.717, 1.165) is 25.3 Å². The summed E-state index contributed by atoms with van der Waals surface area (Å²) in [7, 11) is 0. The largest absolute Gasteiger partial charge is 0.380 e. The van der Waals surface area contributed by atoms with E-state index in [2.05, 4.69) is 12.2 Å². The molecule has 2 rings (SSSR count). The highest BCUT2D eigenvalue weighted by molar-refractivity contribution is 5.45. The molecule has 1 aliphatic rings. The zero-order valence-corrected chi connectivity index (χ0v) is 9.88. The van der Waals surface area contributed by atoms with Gasteiger partial charge in [0.2, 0.25) is 0 Å². The lowest BCUT2D eigenvalue weighted by Crippen LogP contribution is -2.33. The van der Waals surface area contributed by atoms with Crippen LogP contribution in [0, 0.1) is 11.6 Å². The van der Waals surface area contributed by atoms with Gasteiger partial charge >= 0.3 is 0 Å². The Balaban J connectivity index is 2.00. The maximum Gasteiger partial charge on any atom is 0.149 e. The second-order valence-corrected chi connectivity index (χ2v) is 4.39. The van der Waals surface area contributed by atoms with Gasteiger partial charge in [0.05, 0.1) is 11.8 Å². The fraction of sp³-hybridized carbons (Fsp3) is 0.538. The fourth-order valence-corrected chi connectivity index (χ4v) is 2.12. The summed E-state index contributed by atoms with van der Waals surface area (Å²) in [5.74, 6) is -1.09. The maximum atomic E-state index is 13.5. The van der Waals surface area contributed by atoms with E-state index in [0.29, 0.717) is 12.3 Å². The van der Waals surface area contributed by atoms with Crippen molar-refractivity contribution in [1.29, 1.82) is 0 Å². The number of nitrogens with one attached hydrogen (secondary N) is 1. The Bertz CT molecular complexity index is 384. The van der Waals surface area contributed by atoms with Crippen molar-refractivity contribution in [3.8, 4) is 0 Å². The average molecular weight is 241 g/mol. The zero-order valence-electron chi connectivity index (χ0n) is 9.88. The number of ether oxygens (including phenoxy) is 1. The first-order valence-electron chi connectivity index (χ1n) is 6.02. The summed E-state index contributed by atoms with van der Waals surface area (Å²) in [6.45, 7) is 2.77. The van der Waals surface area contributed by atoms with Crippen LogP contribution in [0.15, 0.2) is 18.2 Å². The lowest BCUT2D eigenvalue weighted by molar-refractivity contribution is 0.00921. The standard InChI is InChI=1S/C13H17F2NO/c1-2-11-8-10(5-6-17-11)16-13-4-3-9(14)7-12(13)15/h3-4,7,10-11,16H,2,5-6,8H2,1H3. The predicted octanol–water partition coefficient (Wildman–Crippen LogP) is 3.33. The van der Waals surface area contributed by atoms with Gasteiger partial charge in [-0.15, -0.1) is 0 Å². The Morgan fingerprint density at radius 1 is 1.41 bits per heavy atom. The van der Waals surface area contributed by atoms with Crippen molar-refractivity contribution in [3.05, 3.63) is 29.8 Å². The molecule has 1 aromatic rings. The van der Waals surface area contributed by atoms with Crippen LogP contribution in [0.5, 0.6) is 0 Å². The molecular weight excluding hydrogens is 224 g/mol. The molecule has 1 fully saturated rings. The molecule has 94 valence electrons. The number of benzene rings is 1. The molecule has 0 amide bonds. The monoisotopic (exact) mass is 241 g/mol. The quantitative estimate of drug-likeness (QED) is 0.876. The van der Waals surface area contributed by atoms with Crippen molar-refractivity contribution in [2.45, 2.75) is 38.3 Å². The van der Waals surface area contributed by atoms with Crippen LogP contribution in [-0.4, -0.2) is 18.8 Å². The normalized spacial score (nSPS) is 24.6. The zero-order chi connectivity index (χ0) is 12.3. The van der Waals surface area contributed by atoms with Crippen LogP contribution < -0.4 is 5.32 Å². The van der Waals surface area contributed by atoms with Gasteiger partial charge in [-0.3, -0.25) is 0 Å². The van der Waals surface area contributed by atoms with Gasteiger partial charge in [-0.1, -0.05) is 6.92 Å². The van der Waals surface area contributed by atoms with Gasteiger partial charge in [0.25, 0.3) is 0 Å². The molecule has 1 aliphatic heterocycles. The summed E-state index contributed by atoms with van der Waals surface area (Å²) >= 11 is 0. The summed E-state index contributed by atoms with van der Waals surface area (Å²) in [5, 5.41) is 3.12. The van der Waals surface area contributed by atoms with E-state index in [1.54, 1.807) is 0 Å². The van der Waals surface area contributed by atoms with Crippen molar-refractivity contribution in [2.75, 3.05) is 11.9 Å². The van der Waals surface area contributed by atoms with Crippen molar-refractivity contribution in [3.63, 3.8) is 0 Å². The molecule has 1 heterocycles. The van der Waals surface area contributed by atoms with Crippen molar-refractivity contribution in [2.24, 2.45) is 0 Å². The summed E-state index contributed by atoms with van der Waals surface area (Å²) in [6, 6.07) is 3.82. The van der Waals surface area contributed by atoms with E-state index in [9.17, 15) is 8.78 Å². The molecule has 0 aromatic heterocycles. The van der Waals surface area contributed by atoms with Crippen molar-refractivity contribution < 1.29 is 13.5 Å². The number of hydrogen-bond donors (Lipinski definition) is 1. The van der Waals surface area contributed by atoms with Crippen molar-refractivity contribution >= 4 is 5.69 Å². The molecule has 1 aromatic carbocycles. The molecule has 0 saturated carbocycles. The third-order valence-corrected chi connectivity index (χ3v) is 3.11. The Kier molecular flexibility index (Phi) is 3.94. The fourth-order valence-electron chi connectivity index (χ4n) is 2.12. The minimum Gasteiger partial charge on any atom is -0.380 e. The van der Waals surface area contributed by atoms with Crippen LogP contribution in [-0.2, 0) is 4.74 Å². The highest BCUT2D eigenvalue weighted by Crippen LogP contribution is 2.22. The number of rotatable bonds is 3. The molecule has 0 spiro atoms. The van der Waals surface area contributed by atoms with E-state index in [-0.39, 0.29) is 12.1 Å². The molecule has 1 saturated heterocycles. The molecule has 4 heteroatoms. The van der Waals surface area contributed by atoms with E-state index >= 15 is 0 Å². The van der Waals surface area contributed by atoms with E-state index in [4.69, 9.17) is 4.74 Å². The third-order valence-electron chi connectivity index (χ3n) is 3.11. The van der Waals surface area contributed by atoms with Crippen LogP contribution in [0.4, 0.5) is 14.5 Å². The van der Waals surface area contributed by atoms with E-state index in [1.807, 2.05) is 0 Å². The lowest BCUT2D eigenvalue weighted by Gasteiger charge is -2.30. The van der Waals surface area contributed by atoms with Gasteiger partial charge in [0.15, 0.2) is 0 Å². The molecular formula is C13H17F2NO. The molecule has 0 aliphatic carbocycles. The minimum atomic E-state index is -0.550. The van der Waals surface area contributed by atoms with E-state index in [1.165, 1.54) is 12.1 Å². The highest BCUT2D eigenvalue weighted by Gasteiger charge is 2.21. The average Bonchev–Trinajstić information content (AvgIpc) is 2.33. The van der Waals surface area contributed by atoms with Gasteiger partial charge in [-0.2, -0.15) is 0 Å². The Morgan fingerprint density at radius 2 is 2.24 bits per heavy atom. The summed E-state index contributed by atoms with van der Waals surface area (Å²) < 4.78 is 31.8. The SMILES string of the molecule is CCC1CC(Nc2ccc(F)cc2F)CCO1. The van der Waals surface area contributed by atoms with Gasteiger partial charge < -0.3 is 10.1 Å². The summed E-state index contributed by atoms with van der Waals surface area (Å²) in [6.07, 6.45) is 2.93. The summed E-state index contributed by atoms with van der Waals surface area (Å²) in [5.41, 5.74) is 0.369. The van der Waals surface area contributed by atoms with Crippen LogP contribution in [0.25, 0.3) is 0 Å². The first-order valence-corrected chi connectivity index (χ1v) is 6.02. The molecule has 2 unspecified atom stereocenters. The van der Waals surface area contributed by atoms with Crippen LogP contribution in [0.3, 0.4) is 0 Å². The molecule has 1 N–H and O–H groups in total. The van der Waals surface area contributed by atoms with Crippen molar-refractivity contribution in [1.82, 2.24) is 0 Å². The third kappa shape index (κ3) is 3.16. The number of halogens is 2. The second-order valence-electron chi connectivity index (χ2n) is 4.39. The van der Waals surface area contributed by atoms with Gasteiger partial charge in [0, 0.05) is 18.7 Å². The lowest BCUT2D eigenvalue weighted by atomic mass is 10.0. The molecule has 2 atom stereocenters. The Hall–Kier alpha value is -1.16. The maximum absolute atomic E-state index is 13.5. The molecule has 0 bridgehead atoms. The van der Waals surface area contributed by atoms with Gasteiger partial charge in [-0.25, -0.2) is 8.78 Å². The first kappa shape index (κ1) is 12.3.